The predicted molar refractivity (Wildman–Crippen MR) is 65.0 cm³/mol. The first kappa shape index (κ1) is 13.8. The number of aryl methyl sites for hydroxylation is 1. The van der Waals surface area contributed by atoms with Crippen LogP contribution in [0.3, 0.4) is 0 Å². The van der Waals surface area contributed by atoms with Crippen molar-refractivity contribution in [2.75, 3.05) is 23.9 Å². The Morgan fingerprint density at radius 3 is 2.76 bits per heavy atom. The van der Waals surface area contributed by atoms with Crippen molar-refractivity contribution in [2.24, 2.45) is 11.7 Å². The third kappa shape index (κ3) is 4.60. The standard InChI is InChI=1S/C10H17ClN4O2/c1-7(2)5-15(6-8(12)16)10-14-13-9(17-10)3-4-11/h7H,3-6H2,1-2H3,(H2,12,16). The van der Waals surface area contributed by atoms with E-state index in [9.17, 15) is 4.79 Å². The maximum absolute atomic E-state index is 11.0. The highest BCUT2D eigenvalue weighted by Crippen LogP contribution is 2.14. The maximum atomic E-state index is 11.0. The summed E-state index contributed by atoms with van der Waals surface area (Å²) < 4.78 is 5.40. The second kappa shape index (κ2) is 6.44. The molecule has 7 heteroatoms. The van der Waals surface area contributed by atoms with Crippen LogP contribution >= 0.6 is 11.6 Å². The van der Waals surface area contributed by atoms with E-state index in [1.807, 2.05) is 13.8 Å². The van der Waals surface area contributed by atoms with Gasteiger partial charge in [0.25, 0.3) is 0 Å². The Balaban J connectivity index is 2.76. The zero-order valence-corrected chi connectivity index (χ0v) is 10.8. The fourth-order valence-electron chi connectivity index (χ4n) is 1.39. The molecule has 1 aromatic rings. The van der Waals surface area contributed by atoms with Crippen LogP contribution in [0.4, 0.5) is 6.01 Å². The van der Waals surface area contributed by atoms with Gasteiger partial charge in [0.1, 0.15) is 6.54 Å². The summed E-state index contributed by atoms with van der Waals surface area (Å²) in [6.45, 7) is 4.76. The molecule has 0 aromatic carbocycles. The molecule has 1 amide bonds. The first-order valence-electron chi connectivity index (χ1n) is 5.44. The molecule has 0 aliphatic rings. The van der Waals surface area contributed by atoms with Gasteiger partial charge in [-0.25, -0.2) is 0 Å². The van der Waals surface area contributed by atoms with Gasteiger partial charge in [0.05, 0.1) is 0 Å². The van der Waals surface area contributed by atoms with Crippen LogP contribution in [-0.2, 0) is 11.2 Å². The summed E-state index contributed by atoms with van der Waals surface area (Å²) in [6, 6.07) is 0.317. The summed E-state index contributed by atoms with van der Waals surface area (Å²) >= 11 is 5.58. The minimum absolute atomic E-state index is 0.0701. The number of carbonyl (C=O) groups is 1. The van der Waals surface area contributed by atoms with Gasteiger partial charge in [0.15, 0.2) is 0 Å². The third-order valence-electron chi connectivity index (χ3n) is 1.97. The van der Waals surface area contributed by atoms with E-state index in [2.05, 4.69) is 10.2 Å². The maximum Gasteiger partial charge on any atom is 0.318 e. The molecule has 1 heterocycles. The van der Waals surface area contributed by atoms with Crippen molar-refractivity contribution >= 4 is 23.5 Å². The zero-order valence-electron chi connectivity index (χ0n) is 10.0. The zero-order chi connectivity index (χ0) is 12.8. The number of primary amides is 1. The summed E-state index contributed by atoms with van der Waals surface area (Å²) in [5, 5.41) is 7.73. The number of nitrogens with zero attached hydrogens (tertiary/aromatic N) is 3. The molecule has 2 N–H and O–H groups in total. The number of nitrogens with two attached hydrogens (primary N) is 1. The van der Waals surface area contributed by atoms with Gasteiger partial charge in [-0.05, 0) is 5.92 Å². The quantitative estimate of drug-likeness (QED) is 0.733. The Bertz CT molecular complexity index is 367. The minimum atomic E-state index is -0.428. The Morgan fingerprint density at radius 2 is 2.24 bits per heavy atom. The summed E-state index contributed by atoms with van der Waals surface area (Å²) in [7, 11) is 0. The van der Waals surface area contributed by atoms with Crippen LogP contribution < -0.4 is 10.6 Å². The highest BCUT2D eigenvalue weighted by molar-refractivity contribution is 6.17. The smallest absolute Gasteiger partial charge is 0.318 e. The number of hydrogen-bond donors (Lipinski definition) is 1. The monoisotopic (exact) mass is 260 g/mol. The van der Waals surface area contributed by atoms with Gasteiger partial charge in [-0.1, -0.05) is 18.9 Å². The Kier molecular flexibility index (Phi) is 5.21. The second-order valence-electron chi connectivity index (χ2n) is 4.16. The fraction of sp³-hybridized carbons (Fsp3) is 0.700. The van der Waals surface area contributed by atoms with E-state index in [4.69, 9.17) is 21.8 Å². The van der Waals surface area contributed by atoms with E-state index in [-0.39, 0.29) is 6.54 Å². The molecule has 17 heavy (non-hydrogen) atoms. The van der Waals surface area contributed by atoms with Crippen LogP contribution in [0.1, 0.15) is 19.7 Å². The second-order valence-corrected chi connectivity index (χ2v) is 4.54. The molecule has 1 rings (SSSR count). The van der Waals surface area contributed by atoms with Crippen molar-refractivity contribution in [3.63, 3.8) is 0 Å². The Morgan fingerprint density at radius 1 is 1.53 bits per heavy atom. The molecule has 0 atom stereocenters. The topological polar surface area (TPSA) is 85.2 Å². The van der Waals surface area contributed by atoms with Crippen molar-refractivity contribution < 1.29 is 9.21 Å². The Labute approximate surface area is 105 Å². The van der Waals surface area contributed by atoms with Gasteiger partial charge in [-0.2, -0.15) is 0 Å². The van der Waals surface area contributed by atoms with Crippen LogP contribution in [0.15, 0.2) is 4.42 Å². The number of rotatable bonds is 7. The average Bonchev–Trinajstić information content (AvgIpc) is 2.64. The molecule has 0 bridgehead atoms. The van der Waals surface area contributed by atoms with Crippen molar-refractivity contribution in [3.05, 3.63) is 5.89 Å². The van der Waals surface area contributed by atoms with Crippen molar-refractivity contribution in [2.45, 2.75) is 20.3 Å². The molecule has 0 radical (unpaired) electrons. The van der Waals surface area contributed by atoms with Crippen LogP contribution in [0.25, 0.3) is 0 Å². The van der Waals surface area contributed by atoms with Crippen molar-refractivity contribution in [1.29, 1.82) is 0 Å². The highest BCUT2D eigenvalue weighted by Gasteiger charge is 2.17. The molecule has 0 saturated carbocycles. The molecular weight excluding hydrogens is 244 g/mol. The van der Waals surface area contributed by atoms with Gasteiger partial charge in [0, 0.05) is 18.8 Å². The molecule has 1 aromatic heterocycles. The average molecular weight is 261 g/mol. The van der Waals surface area contributed by atoms with Gasteiger partial charge in [-0.15, -0.1) is 16.7 Å². The van der Waals surface area contributed by atoms with E-state index < -0.39 is 5.91 Å². The fourth-order valence-corrected chi connectivity index (χ4v) is 1.56. The summed E-state index contributed by atoms with van der Waals surface area (Å²) in [4.78, 5) is 12.6. The lowest BCUT2D eigenvalue weighted by molar-refractivity contribution is -0.116. The number of amides is 1. The van der Waals surface area contributed by atoms with Crippen molar-refractivity contribution in [1.82, 2.24) is 10.2 Å². The largest absolute Gasteiger partial charge is 0.408 e. The molecule has 0 spiro atoms. The van der Waals surface area contributed by atoms with Gasteiger partial charge < -0.3 is 15.1 Å². The first-order valence-corrected chi connectivity index (χ1v) is 5.98. The van der Waals surface area contributed by atoms with E-state index in [0.717, 1.165) is 0 Å². The predicted octanol–water partition coefficient (Wildman–Crippen LogP) is 0.799. The lowest BCUT2D eigenvalue weighted by Gasteiger charge is -2.20. The number of carbonyl (C=O) groups excluding carboxylic acids is 1. The number of aromatic nitrogens is 2. The highest BCUT2D eigenvalue weighted by atomic mass is 35.5. The number of halogens is 1. The van der Waals surface area contributed by atoms with E-state index in [1.54, 1.807) is 4.90 Å². The number of anilines is 1. The molecule has 0 aliphatic heterocycles. The number of hydrogen-bond acceptors (Lipinski definition) is 5. The summed E-state index contributed by atoms with van der Waals surface area (Å²) in [5.74, 6) is 0.815. The van der Waals surface area contributed by atoms with Crippen LogP contribution in [0.2, 0.25) is 0 Å². The molecule has 0 saturated heterocycles. The van der Waals surface area contributed by atoms with E-state index in [0.29, 0.717) is 36.7 Å². The van der Waals surface area contributed by atoms with Crippen molar-refractivity contribution in [3.8, 4) is 0 Å². The lowest BCUT2D eigenvalue weighted by Crippen LogP contribution is -2.36. The molecule has 0 aliphatic carbocycles. The first-order chi connectivity index (χ1) is 8.02. The molecule has 0 fully saturated rings. The normalized spacial score (nSPS) is 10.8. The molecule has 6 nitrogen and oxygen atoms in total. The summed E-state index contributed by atoms with van der Waals surface area (Å²) in [5.41, 5.74) is 5.18. The van der Waals surface area contributed by atoms with E-state index >= 15 is 0 Å². The van der Waals surface area contributed by atoms with Gasteiger partial charge in [0.2, 0.25) is 11.8 Å². The molecular formula is C10H17ClN4O2. The van der Waals surface area contributed by atoms with Crippen LogP contribution in [0, 0.1) is 5.92 Å². The summed E-state index contributed by atoms with van der Waals surface area (Å²) in [6.07, 6.45) is 0.515. The number of alkyl halides is 1. The molecule has 96 valence electrons. The Hall–Kier alpha value is -1.30. The van der Waals surface area contributed by atoms with Gasteiger partial charge in [-0.3, -0.25) is 4.79 Å². The van der Waals surface area contributed by atoms with Gasteiger partial charge >= 0.3 is 6.01 Å². The molecule has 0 unspecified atom stereocenters. The minimum Gasteiger partial charge on any atom is -0.408 e. The van der Waals surface area contributed by atoms with Crippen LogP contribution in [0.5, 0.6) is 0 Å². The van der Waals surface area contributed by atoms with Crippen LogP contribution in [-0.4, -0.2) is 35.1 Å². The van der Waals surface area contributed by atoms with E-state index in [1.165, 1.54) is 0 Å². The SMILES string of the molecule is CC(C)CN(CC(N)=O)c1nnc(CCCl)o1. The lowest BCUT2D eigenvalue weighted by atomic mass is 10.2. The third-order valence-corrected chi connectivity index (χ3v) is 2.16.